The lowest BCUT2D eigenvalue weighted by Crippen LogP contribution is -2.36. The van der Waals surface area contributed by atoms with Crippen LogP contribution in [0.1, 0.15) is 30.5 Å². The molecule has 2 aromatic rings. The van der Waals surface area contributed by atoms with E-state index in [1.54, 1.807) is 57.2 Å². The summed E-state index contributed by atoms with van der Waals surface area (Å²) in [4.78, 5) is 23.3. The van der Waals surface area contributed by atoms with Crippen LogP contribution in [0.2, 0.25) is 10.0 Å². The highest BCUT2D eigenvalue weighted by molar-refractivity contribution is 6.46. The van der Waals surface area contributed by atoms with Crippen LogP contribution in [0.25, 0.3) is 0 Å². The Bertz CT molecular complexity index is 1130. The van der Waals surface area contributed by atoms with Gasteiger partial charge in [0.25, 0.3) is 5.91 Å². The van der Waals surface area contributed by atoms with Gasteiger partial charge in [-0.3, -0.25) is 15.5 Å². The molecule has 1 atom stereocenters. The molecule has 32 heavy (non-hydrogen) atoms. The van der Waals surface area contributed by atoms with Gasteiger partial charge < -0.3 is 4.74 Å². The van der Waals surface area contributed by atoms with Crippen LogP contribution >= 0.6 is 23.2 Å². The molecule has 2 aromatic carbocycles. The Morgan fingerprint density at radius 3 is 2.38 bits per heavy atom. The molecule has 0 radical (unpaired) electrons. The molecule has 0 saturated heterocycles. The Morgan fingerprint density at radius 2 is 1.84 bits per heavy atom. The Morgan fingerprint density at radius 1 is 1.19 bits per heavy atom. The maximum Gasteiger partial charge on any atom is 0.414 e. The topological polar surface area (TPSA) is 127 Å². The minimum Gasteiger partial charge on any atom is -0.450 e. The Hall–Kier alpha value is -3.59. The molecule has 0 spiro atoms. The molecule has 2 amide bonds. The fraction of sp³-hybridized carbons (Fsp3) is 0.227. The zero-order chi connectivity index (χ0) is 23.9. The van der Waals surface area contributed by atoms with E-state index in [1.807, 2.05) is 5.32 Å². The normalized spacial score (nSPS) is 12.7. The number of rotatable bonds is 6. The Kier molecular flexibility index (Phi) is 8.20. The van der Waals surface area contributed by atoms with Crippen LogP contribution in [0.3, 0.4) is 0 Å². The number of nitrogens with zero attached hydrogens (tertiary/aromatic N) is 3. The zero-order valence-corrected chi connectivity index (χ0v) is 19.0. The van der Waals surface area contributed by atoms with Crippen molar-refractivity contribution in [3.8, 4) is 12.1 Å². The molecule has 2 rings (SSSR count). The molecule has 164 valence electrons. The molecule has 0 saturated carbocycles. The van der Waals surface area contributed by atoms with Gasteiger partial charge in [0.1, 0.15) is 11.5 Å². The molecule has 1 unspecified atom stereocenters. The number of hydrazone groups is 1. The number of benzene rings is 2. The third kappa shape index (κ3) is 5.55. The molecule has 10 heteroatoms. The summed E-state index contributed by atoms with van der Waals surface area (Å²) < 4.78 is 4.59. The summed E-state index contributed by atoms with van der Waals surface area (Å²) in [6, 6.07) is 14.0. The molecule has 0 bridgehead atoms. The van der Waals surface area contributed by atoms with Crippen molar-refractivity contribution in [3.05, 3.63) is 63.1 Å². The molecule has 0 aliphatic rings. The van der Waals surface area contributed by atoms with Crippen LogP contribution in [-0.2, 0) is 14.9 Å². The second-order valence-electron chi connectivity index (χ2n) is 6.75. The highest BCUT2D eigenvalue weighted by Gasteiger charge is 2.33. The number of carbonyl (C=O) groups is 2. The van der Waals surface area contributed by atoms with E-state index in [2.05, 4.69) is 21.3 Å². The van der Waals surface area contributed by atoms with Crippen molar-refractivity contribution in [2.45, 2.75) is 26.2 Å². The first-order valence-electron chi connectivity index (χ1n) is 9.36. The third-order valence-corrected chi connectivity index (χ3v) is 5.09. The number of hydrogen-bond acceptors (Lipinski definition) is 7. The van der Waals surface area contributed by atoms with Gasteiger partial charge in [-0.15, -0.1) is 0 Å². The van der Waals surface area contributed by atoms with Crippen LogP contribution in [-0.4, -0.2) is 24.3 Å². The van der Waals surface area contributed by atoms with E-state index in [0.717, 1.165) is 5.56 Å². The van der Waals surface area contributed by atoms with Gasteiger partial charge >= 0.3 is 6.09 Å². The van der Waals surface area contributed by atoms with E-state index in [0.29, 0.717) is 21.8 Å². The summed E-state index contributed by atoms with van der Waals surface area (Å²) >= 11 is 12.5. The molecule has 0 aromatic heterocycles. The minimum atomic E-state index is -1.05. The van der Waals surface area contributed by atoms with Crippen LogP contribution in [0.4, 0.5) is 10.5 Å². The molecule has 0 aliphatic heterocycles. The van der Waals surface area contributed by atoms with Gasteiger partial charge in [0.15, 0.2) is 0 Å². The molecule has 0 aliphatic carbocycles. The molecule has 0 heterocycles. The lowest BCUT2D eigenvalue weighted by molar-refractivity contribution is -0.114. The third-order valence-electron chi connectivity index (χ3n) is 4.54. The highest BCUT2D eigenvalue weighted by atomic mass is 35.5. The Labute approximate surface area is 195 Å². The van der Waals surface area contributed by atoms with E-state index in [-0.39, 0.29) is 11.6 Å². The Balaban J connectivity index is 2.34. The first-order valence-corrected chi connectivity index (χ1v) is 10.1. The van der Waals surface area contributed by atoms with Crippen molar-refractivity contribution in [1.29, 1.82) is 10.5 Å². The number of hydrogen-bond donors (Lipinski definition) is 2. The average molecular weight is 472 g/mol. The van der Waals surface area contributed by atoms with Crippen molar-refractivity contribution < 1.29 is 14.3 Å². The number of ether oxygens (including phenoxy) is 1. The van der Waals surface area contributed by atoms with Gasteiger partial charge in [-0.2, -0.15) is 15.6 Å². The highest BCUT2D eigenvalue weighted by Crippen LogP contribution is 2.39. The van der Waals surface area contributed by atoms with Gasteiger partial charge in [-0.25, -0.2) is 4.79 Å². The molecular weight excluding hydrogens is 453 g/mol. The van der Waals surface area contributed by atoms with E-state index in [4.69, 9.17) is 28.5 Å². The zero-order valence-electron chi connectivity index (χ0n) is 17.5. The quantitative estimate of drug-likeness (QED) is 0.464. The smallest absolute Gasteiger partial charge is 0.414 e. The van der Waals surface area contributed by atoms with Crippen molar-refractivity contribution in [3.63, 3.8) is 0 Å². The molecule has 2 N–H and O–H groups in total. The molecule has 8 nitrogen and oxygen atoms in total. The van der Waals surface area contributed by atoms with Crippen LogP contribution in [0.15, 0.2) is 41.5 Å². The van der Waals surface area contributed by atoms with Gasteiger partial charge in [0, 0.05) is 10.0 Å². The summed E-state index contributed by atoms with van der Waals surface area (Å²) in [6.07, 6.45) is -0.985. The summed E-state index contributed by atoms with van der Waals surface area (Å²) in [5.74, 6) is -1.02. The van der Waals surface area contributed by atoms with Crippen molar-refractivity contribution in [2.24, 2.45) is 5.10 Å². The van der Waals surface area contributed by atoms with E-state index in [1.165, 1.54) is 6.07 Å². The van der Waals surface area contributed by atoms with Crippen molar-refractivity contribution >= 4 is 46.6 Å². The van der Waals surface area contributed by atoms with E-state index < -0.39 is 23.1 Å². The van der Waals surface area contributed by atoms with Gasteiger partial charge in [0.2, 0.25) is 5.71 Å². The number of amides is 2. The minimum absolute atomic E-state index is 0.0676. The number of nitriles is 2. The number of imide groups is 1. The van der Waals surface area contributed by atoms with Gasteiger partial charge in [-0.1, -0.05) is 35.3 Å². The second kappa shape index (κ2) is 10.6. The maximum absolute atomic E-state index is 11.9. The molecular formula is C22H19Cl2N5O3. The molecule has 0 fully saturated rings. The number of halogens is 2. The summed E-state index contributed by atoms with van der Waals surface area (Å²) in [7, 11) is 0. The van der Waals surface area contributed by atoms with E-state index in [9.17, 15) is 14.9 Å². The van der Waals surface area contributed by atoms with Gasteiger partial charge in [0.05, 0.1) is 18.4 Å². The average Bonchev–Trinajstić information content (AvgIpc) is 2.74. The number of carbonyl (C=O) groups excluding carboxylic acids is 2. The maximum atomic E-state index is 11.9. The largest absolute Gasteiger partial charge is 0.450 e. The van der Waals surface area contributed by atoms with E-state index >= 15 is 0 Å². The first-order chi connectivity index (χ1) is 15.2. The fourth-order valence-electron chi connectivity index (χ4n) is 3.06. The number of anilines is 1. The summed E-state index contributed by atoms with van der Waals surface area (Å²) in [5, 5.41) is 25.6. The van der Waals surface area contributed by atoms with Crippen molar-refractivity contribution in [1.82, 2.24) is 5.32 Å². The monoisotopic (exact) mass is 471 g/mol. The summed E-state index contributed by atoms with van der Waals surface area (Å²) in [6.45, 7) is 5.17. The predicted octanol–water partition coefficient (Wildman–Crippen LogP) is 4.70. The van der Waals surface area contributed by atoms with Crippen LogP contribution in [0.5, 0.6) is 0 Å². The lowest BCUT2D eigenvalue weighted by Gasteiger charge is -2.26. The SMILES string of the molecule is CCOC(=O)NC(=O)C(C#N)=NNc1cc(C)c(C(C)(C#N)c2ccc(Cl)cc2)c(Cl)c1. The number of alkyl carbamates (subject to hydrolysis) is 1. The summed E-state index contributed by atoms with van der Waals surface area (Å²) in [5.41, 5.74) is 3.32. The van der Waals surface area contributed by atoms with Crippen LogP contribution < -0.4 is 10.7 Å². The predicted molar refractivity (Wildman–Crippen MR) is 122 cm³/mol. The standard InChI is InChI=1S/C22H19Cl2N5O3/c1-4-32-21(31)27-20(30)18(11-25)29-28-16-9-13(2)19(17(24)10-16)22(3,12-26)14-5-7-15(23)8-6-14/h5-10,28H,4H2,1-3H3,(H,27,30,31). The number of nitrogens with one attached hydrogen (secondary N) is 2. The number of aryl methyl sites for hydroxylation is 1. The first kappa shape index (κ1) is 24.7. The van der Waals surface area contributed by atoms with Crippen LogP contribution in [0, 0.1) is 29.6 Å². The lowest BCUT2D eigenvalue weighted by atomic mass is 9.75. The fourth-order valence-corrected chi connectivity index (χ4v) is 3.64. The van der Waals surface area contributed by atoms with Gasteiger partial charge in [-0.05, 0) is 61.7 Å². The second-order valence-corrected chi connectivity index (χ2v) is 7.60. The van der Waals surface area contributed by atoms with Crippen molar-refractivity contribution in [2.75, 3.05) is 12.0 Å².